The molecule has 0 aromatic heterocycles. The van der Waals surface area contributed by atoms with Crippen LogP contribution in [0, 0.1) is 0 Å². The molecule has 0 bridgehead atoms. The summed E-state index contributed by atoms with van der Waals surface area (Å²) in [6, 6.07) is 5.63. The number of rotatable bonds is 6. The first-order chi connectivity index (χ1) is 12.6. The number of carboxylic acids is 1. The molecule has 2 atom stereocenters. The summed E-state index contributed by atoms with van der Waals surface area (Å²) in [7, 11) is -0.575. The number of alkyl halides is 3. The highest BCUT2D eigenvalue weighted by atomic mass is 31.1. The summed E-state index contributed by atoms with van der Waals surface area (Å²) in [6.07, 6.45) is -3.04. The molecule has 8 heteroatoms. The summed E-state index contributed by atoms with van der Waals surface area (Å²) < 4.78 is 41.9. The van der Waals surface area contributed by atoms with Crippen LogP contribution < -0.4 is 4.74 Å². The standard InChI is InChI=1S/C19H23F3NO3P/c1-5-27(6-2)17-12(4)23-11(3)15(18(24)25)16(17)13-8-7-9-14(10-13)26-19(20,21)22/h7-10,16-17H,5-6H2,1-4H3,(H,24,25). The molecule has 0 saturated carbocycles. The van der Waals surface area contributed by atoms with Crippen molar-refractivity contribution in [1.82, 2.24) is 0 Å². The Balaban J connectivity index is 2.61. The van der Waals surface area contributed by atoms with Crippen LogP contribution in [0.5, 0.6) is 5.75 Å². The molecule has 1 aromatic rings. The fourth-order valence-electron chi connectivity index (χ4n) is 3.65. The fraction of sp³-hybridized carbons (Fsp3) is 0.474. The Morgan fingerprint density at radius 1 is 1.26 bits per heavy atom. The molecule has 0 radical (unpaired) electrons. The first-order valence-electron chi connectivity index (χ1n) is 8.68. The number of aliphatic imine (C=N–C) groups is 1. The first kappa shape index (κ1) is 21.4. The van der Waals surface area contributed by atoms with Gasteiger partial charge in [0.1, 0.15) is 5.75 Å². The molecule has 0 fully saturated rings. The van der Waals surface area contributed by atoms with Gasteiger partial charge in [0.2, 0.25) is 0 Å². The lowest BCUT2D eigenvalue weighted by atomic mass is 9.83. The van der Waals surface area contributed by atoms with Crippen LogP contribution in [0.2, 0.25) is 0 Å². The van der Waals surface area contributed by atoms with Gasteiger partial charge in [0.25, 0.3) is 0 Å². The van der Waals surface area contributed by atoms with E-state index in [-0.39, 0.29) is 17.0 Å². The van der Waals surface area contributed by atoms with Crippen molar-refractivity contribution in [1.29, 1.82) is 0 Å². The van der Waals surface area contributed by atoms with E-state index in [1.165, 1.54) is 18.2 Å². The minimum Gasteiger partial charge on any atom is -0.478 e. The maximum atomic E-state index is 12.6. The topological polar surface area (TPSA) is 58.9 Å². The largest absolute Gasteiger partial charge is 0.573 e. The minimum atomic E-state index is -4.80. The highest BCUT2D eigenvalue weighted by molar-refractivity contribution is 7.59. The van der Waals surface area contributed by atoms with Crippen molar-refractivity contribution >= 4 is 19.6 Å². The van der Waals surface area contributed by atoms with Gasteiger partial charge in [0, 0.05) is 23.0 Å². The SMILES string of the molecule is CCP(CC)C1C(C)=NC(C)=C(C(=O)O)C1c1cccc(OC(F)(F)F)c1. The van der Waals surface area contributed by atoms with Crippen LogP contribution in [0.4, 0.5) is 13.2 Å². The van der Waals surface area contributed by atoms with Crippen LogP contribution >= 0.6 is 7.92 Å². The van der Waals surface area contributed by atoms with E-state index >= 15 is 0 Å². The number of hydrogen-bond donors (Lipinski definition) is 1. The zero-order valence-electron chi connectivity index (χ0n) is 15.7. The third-order valence-electron chi connectivity index (χ3n) is 4.68. The predicted octanol–water partition coefficient (Wildman–Crippen LogP) is 5.39. The number of carboxylic acid groups (broad SMARTS) is 1. The second-order valence-electron chi connectivity index (χ2n) is 6.32. The summed E-state index contributed by atoms with van der Waals surface area (Å²) in [6.45, 7) is 7.60. The molecule has 1 aromatic carbocycles. The molecule has 0 amide bonds. The number of aliphatic carboxylic acids is 1. The normalized spacial score (nSPS) is 20.7. The Morgan fingerprint density at radius 3 is 2.41 bits per heavy atom. The lowest BCUT2D eigenvalue weighted by Gasteiger charge is -2.37. The number of hydrogen-bond acceptors (Lipinski definition) is 3. The van der Waals surface area contributed by atoms with Crippen LogP contribution in [0.15, 0.2) is 40.5 Å². The Kier molecular flexibility index (Phi) is 6.68. The van der Waals surface area contributed by atoms with Crippen molar-refractivity contribution < 1.29 is 27.8 Å². The maximum Gasteiger partial charge on any atom is 0.573 e. The highest BCUT2D eigenvalue weighted by Crippen LogP contribution is 2.52. The number of halogens is 3. The Bertz CT molecular complexity index is 770. The van der Waals surface area contributed by atoms with Crippen LogP contribution in [-0.2, 0) is 4.79 Å². The van der Waals surface area contributed by atoms with Crippen LogP contribution in [0.3, 0.4) is 0 Å². The second-order valence-corrected chi connectivity index (χ2v) is 9.32. The molecular formula is C19H23F3NO3P. The fourth-order valence-corrected chi connectivity index (χ4v) is 6.21. The van der Waals surface area contributed by atoms with Gasteiger partial charge in [-0.1, -0.05) is 33.9 Å². The predicted molar refractivity (Wildman–Crippen MR) is 101 cm³/mol. The number of allylic oxidation sites excluding steroid dienone is 1. The molecule has 2 rings (SSSR count). The van der Waals surface area contributed by atoms with Gasteiger partial charge < -0.3 is 9.84 Å². The molecule has 1 heterocycles. The smallest absolute Gasteiger partial charge is 0.478 e. The number of benzene rings is 1. The zero-order chi connectivity index (χ0) is 20.4. The van der Waals surface area contributed by atoms with E-state index in [2.05, 4.69) is 9.73 Å². The first-order valence-corrected chi connectivity index (χ1v) is 10.5. The number of carbonyl (C=O) groups is 1. The van der Waals surface area contributed by atoms with Crippen molar-refractivity contribution in [3.05, 3.63) is 41.1 Å². The van der Waals surface area contributed by atoms with Crippen LogP contribution in [0.1, 0.15) is 39.2 Å². The van der Waals surface area contributed by atoms with Gasteiger partial charge in [-0.15, -0.1) is 13.2 Å². The zero-order valence-corrected chi connectivity index (χ0v) is 16.6. The number of ether oxygens (including phenoxy) is 1. The summed E-state index contributed by atoms with van der Waals surface area (Å²) in [5.74, 6) is -2.00. The Labute approximate surface area is 157 Å². The quantitative estimate of drug-likeness (QED) is 0.650. The van der Waals surface area contributed by atoms with E-state index in [1.54, 1.807) is 13.0 Å². The van der Waals surface area contributed by atoms with E-state index in [0.717, 1.165) is 18.0 Å². The molecule has 0 saturated heterocycles. The molecule has 27 heavy (non-hydrogen) atoms. The van der Waals surface area contributed by atoms with Crippen molar-refractivity contribution in [3.8, 4) is 5.75 Å². The molecule has 1 N–H and O–H groups in total. The van der Waals surface area contributed by atoms with Gasteiger partial charge >= 0.3 is 12.3 Å². The Morgan fingerprint density at radius 2 is 1.89 bits per heavy atom. The van der Waals surface area contributed by atoms with Gasteiger partial charge in [-0.3, -0.25) is 4.99 Å². The third-order valence-corrected chi connectivity index (χ3v) is 7.76. The lowest BCUT2D eigenvalue weighted by molar-refractivity contribution is -0.274. The monoisotopic (exact) mass is 401 g/mol. The van der Waals surface area contributed by atoms with Crippen molar-refractivity contribution in [2.45, 2.75) is 45.6 Å². The molecule has 1 aliphatic heterocycles. The van der Waals surface area contributed by atoms with Crippen LogP contribution in [0.25, 0.3) is 0 Å². The van der Waals surface area contributed by atoms with E-state index in [1.807, 2.05) is 20.8 Å². The van der Waals surface area contributed by atoms with Crippen molar-refractivity contribution in [3.63, 3.8) is 0 Å². The van der Waals surface area contributed by atoms with Gasteiger partial charge in [-0.25, -0.2) is 4.79 Å². The average molecular weight is 401 g/mol. The molecule has 4 nitrogen and oxygen atoms in total. The lowest BCUT2D eigenvalue weighted by Crippen LogP contribution is -2.33. The molecule has 1 aliphatic rings. The molecule has 148 valence electrons. The molecule has 0 aliphatic carbocycles. The van der Waals surface area contributed by atoms with Gasteiger partial charge in [0.05, 0.1) is 5.57 Å². The molecular weight excluding hydrogens is 378 g/mol. The summed E-state index contributed by atoms with van der Waals surface area (Å²) in [5.41, 5.74) is 1.74. The third kappa shape index (κ3) is 4.89. The average Bonchev–Trinajstić information content (AvgIpc) is 2.55. The van der Waals surface area contributed by atoms with Gasteiger partial charge in [0.15, 0.2) is 0 Å². The van der Waals surface area contributed by atoms with E-state index in [0.29, 0.717) is 11.3 Å². The summed E-state index contributed by atoms with van der Waals surface area (Å²) >= 11 is 0. The minimum absolute atomic E-state index is 0.133. The van der Waals surface area contributed by atoms with E-state index < -0.39 is 26.2 Å². The number of nitrogens with zero attached hydrogens (tertiary/aromatic N) is 1. The summed E-state index contributed by atoms with van der Waals surface area (Å²) in [4.78, 5) is 16.4. The van der Waals surface area contributed by atoms with Gasteiger partial charge in [-0.05, 0) is 43.9 Å². The summed E-state index contributed by atoms with van der Waals surface area (Å²) in [5, 5.41) is 9.80. The molecule has 0 spiro atoms. The maximum absolute atomic E-state index is 12.6. The second kappa shape index (κ2) is 8.42. The van der Waals surface area contributed by atoms with Crippen molar-refractivity contribution in [2.75, 3.05) is 12.3 Å². The van der Waals surface area contributed by atoms with Gasteiger partial charge in [-0.2, -0.15) is 0 Å². The van der Waals surface area contributed by atoms with E-state index in [9.17, 15) is 23.1 Å². The van der Waals surface area contributed by atoms with E-state index in [4.69, 9.17) is 0 Å². The Hall–Kier alpha value is -1.88. The van der Waals surface area contributed by atoms with Crippen LogP contribution in [-0.4, -0.2) is 41.1 Å². The highest BCUT2D eigenvalue weighted by Gasteiger charge is 2.40. The molecule has 2 unspecified atom stereocenters. The van der Waals surface area contributed by atoms with Crippen molar-refractivity contribution in [2.24, 2.45) is 4.99 Å².